The van der Waals surface area contributed by atoms with Gasteiger partial charge in [0.15, 0.2) is 0 Å². The van der Waals surface area contributed by atoms with E-state index in [9.17, 15) is 0 Å². The van der Waals surface area contributed by atoms with Crippen molar-refractivity contribution >= 4 is 33.0 Å². The number of rotatable bonds is 4. The zero-order valence-electron chi connectivity index (χ0n) is 11.4. The largest absolute Gasteiger partial charge is 0.488 e. The van der Waals surface area contributed by atoms with E-state index in [1.54, 1.807) is 11.3 Å². The van der Waals surface area contributed by atoms with E-state index in [4.69, 9.17) is 10.5 Å². The van der Waals surface area contributed by atoms with Crippen molar-refractivity contribution in [2.24, 2.45) is 0 Å². The number of hydrogen-bond acceptors (Lipinski definition) is 3. The second-order valence-electron chi connectivity index (χ2n) is 4.90. The molecule has 0 fully saturated rings. The van der Waals surface area contributed by atoms with E-state index in [-0.39, 0.29) is 0 Å². The van der Waals surface area contributed by atoms with Crippen LogP contribution in [-0.4, -0.2) is 0 Å². The zero-order valence-corrected chi connectivity index (χ0v) is 13.8. The Morgan fingerprint density at radius 1 is 1.32 bits per heavy atom. The topological polar surface area (TPSA) is 35.2 Å². The SMILES string of the molecule is Cc1cc(OCc2ccc(Br)s2)c(C(C)C)cc1N. The van der Waals surface area contributed by atoms with Crippen molar-refractivity contribution in [3.8, 4) is 5.75 Å². The standard InChI is InChI=1S/C15H18BrNOS/c1-9(2)12-7-13(17)10(3)6-14(12)18-8-11-4-5-15(16)19-11/h4-7,9H,8,17H2,1-3H3. The summed E-state index contributed by atoms with van der Waals surface area (Å²) in [5, 5.41) is 0. The lowest BCUT2D eigenvalue weighted by Crippen LogP contribution is -2.01. The van der Waals surface area contributed by atoms with Gasteiger partial charge in [-0.3, -0.25) is 0 Å². The first kappa shape index (κ1) is 14.4. The number of aryl methyl sites for hydroxylation is 1. The third-order valence-corrected chi connectivity index (χ3v) is 4.62. The van der Waals surface area contributed by atoms with Crippen LogP contribution in [0.3, 0.4) is 0 Å². The van der Waals surface area contributed by atoms with Crippen LogP contribution >= 0.6 is 27.3 Å². The minimum Gasteiger partial charge on any atom is -0.488 e. The van der Waals surface area contributed by atoms with Crippen molar-refractivity contribution in [3.05, 3.63) is 44.1 Å². The Balaban J connectivity index is 2.21. The van der Waals surface area contributed by atoms with Crippen LogP contribution in [0.2, 0.25) is 0 Å². The zero-order chi connectivity index (χ0) is 14.0. The second kappa shape index (κ2) is 5.97. The van der Waals surface area contributed by atoms with E-state index in [1.165, 1.54) is 10.4 Å². The quantitative estimate of drug-likeness (QED) is 0.786. The molecule has 0 saturated carbocycles. The molecule has 2 N–H and O–H groups in total. The van der Waals surface area contributed by atoms with Crippen LogP contribution < -0.4 is 10.5 Å². The Bertz CT molecular complexity index is 578. The van der Waals surface area contributed by atoms with Gasteiger partial charge in [0.25, 0.3) is 0 Å². The average Bonchev–Trinajstić information content (AvgIpc) is 2.76. The van der Waals surface area contributed by atoms with Crippen molar-refractivity contribution in [1.29, 1.82) is 0 Å². The van der Waals surface area contributed by atoms with Gasteiger partial charge in [0.1, 0.15) is 12.4 Å². The number of anilines is 1. The molecule has 0 bridgehead atoms. The first-order valence-electron chi connectivity index (χ1n) is 6.24. The molecule has 2 nitrogen and oxygen atoms in total. The van der Waals surface area contributed by atoms with E-state index in [1.807, 2.05) is 25.1 Å². The summed E-state index contributed by atoms with van der Waals surface area (Å²) in [5.74, 6) is 1.33. The van der Waals surface area contributed by atoms with Crippen molar-refractivity contribution in [2.75, 3.05) is 5.73 Å². The molecule has 0 spiro atoms. The van der Waals surface area contributed by atoms with Gasteiger partial charge < -0.3 is 10.5 Å². The highest BCUT2D eigenvalue weighted by molar-refractivity contribution is 9.11. The number of nitrogens with two attached hydrogens (primary N) is 1. The molecule has 1 heterocycles. The van der Waals surface area contributed by atoms with Gasteiger partial charge in [-0.15, -0.1) is 11.3 Å². The minimum atomic E-state index is 0.396. The fourth-order valence-electron chi connectivity index (χ4n) is 1.87. The summed E-state index contributed by atoms with van der Waals surface area (Å²) < 4.78 is 7.10. The van der Waals surface area contributed by atoms with Crippen LogP contribution in [0.15, 0.2) is 28.1 Å². The number of hydrogen-bond donors (Lipinski definition) is 1. The van der Waals surface area contributed by atoms with Gasteiger partial charge in [-0.05, 0) is 64.2 Å². The predicted octanol–water partition coefficient (Wildman–Crippen LogP) is 5.10. The summed E-state index contributed by atoms with van der Waals surface area (Å²) in [5.41, 5.74) is 9.03. The molecule has 0 aliphatic rings. The molecule has 0 radical (unpaired) electrons. The highest BCUT2D eigenvalue weighted by atomic mass is 79.9. The summed E-state index contributed by atoms with van der Waals surface area (Å²) in [6.07, 6.45) is 0. The molecule has 1 aromatic heterocycles. The summed E-state index contributed by atoms with van der Waals surface area (Å²) in [4.78, 5) is 1.20. The van der Waals surface area contributed by atoms with Crippen LogP contribution in [0.5, 0.6) is 5.75 Å². The number of benzene rings is 1. The molecule has 19 heavy (non-hydrogen) atoms. The lowest BCUT2D eigenvalue weighted by Gasteiger charge is -2.16. The fraction of sp³-hybridized carbons (Fsp3) is 0.333. The molecule has 2 rings (SSSR count). The second-order valence-corrected chi connectivity index (χ2v) is 7.44. The van der Waals surface area contributed by atoms with Crippen molar-refractivity contribution in [2.45, 2.75) is 33.3 Å². The highest BCUT2D eigenvalue weighted by Gasteiger charge is 2.11. The molecule has 0 saturated heterocycles. The lowest BCUT2D eigenvalue weighted by molar-refractivity contribution is 0.305. The Morgan fingerprint density at radius 3 is 2.63 bits per heavy atom. The maximum atomic E-state index is 5.98. The molecule has 4 heteroatoms. The lowest BCUT2D eigenvalue weighted by atomic mass is 9.99. The molecular weight excluding hydrogens is 322 g/mol. The van der Waals surface area contributed by atoms with E-state index in [2.05, 4.69) is 35.8 Å². The molecule has 2 aromatic rings. The first-order valence-corrected chi connectivity index (χ1v) is 7.85. The summed E-state index contributed by atoms with van der Waals surface area (Å²) >= 11 is 5.16. The number of ether oxygens (including phenoxy) is 1. The maximum absolute atomic E-state index is 5.98. The van der Waals surface area contributed by atoms with Crippen molar-refractivity contribution in [3.63, 3.8) is 0 Å². The third-order valence-electron chi connectivity index (χ3n) is 3.02. The van der Waals surface area contributed by atoms with Crippen LogP contribution in [0.4, 0.5) is 5.69 Å². The number of halogens is 1. The molecule has 0 aliphatic carbocycles. The summed E-state index contributed by atoms with van der Waals surface area (Å²) in [6, 6.07) is 8.18. The van der Waals surface area contributed by atoms with E-state index in [0.717, 1.165) is 20.8 Å². The van der Waals surface area contributed by atoms with E-state index < -0.39 is 0 Å². The van der Waals surface area contributed by atoms with Crippen LogP contribution in [0.25, 0.3) is 0 Å². The summed E-state index contributed by atoms with van der Waals surface area (Å²) in [6.45, 7) is 6.91. The van der Waals surface area contributed by atoms with Crippen LogP contribution in [0, 0.1) is 6.92 Å². The Morgan fingerprint density at radius 2 is 2.05 bits per heavy atom. The Labute approximate surface area is 126 Å². The molecule has 0 atom stereocenters. The molecule has 102 valence electrons. The van der Waals surface area contributed by atoms with Crippen LogP contribution in [0.1, 0.15) is 35.8 Å². The van der Waals surface area contributed by atoms with Gasteiger partial charge in [-0.25, -0.2) is 0 Å². The van der Waals surface area contributed by atoms with Gasteiger partial charge in [0, 0.05) is 10.6 Å². The molecule has 0 aliphatic heterocycles. The van der Waals surface area contributed by atoms with Gasteiger partial charge in [0.2, 0.25) is 0 Å². The number of nitrogen functional groups attached to an aromatic ring is 1. The smallest absolute Gasteiger partial charge is 0.123 e. The Kier molecular flexibility index (Phi) is 4.53. The fourth-order valence-corrected chi connectivity index (χ4v) is 3.27. The Hall–Kier alpha value is -1.00. The number of thiophene rings is 1. The van der Waals surface area contributed by atoms with Crippen molar-refractivity contribution < 1.29 is 4.74 Å². The molecular formula is C15H18BrNOS. The van der Waals surface area contributed by atoms with E-state index >= 15 is 0 Å². The van der Waals surface area contributed by atoms with Crippen LogP contribution in [-0.2, 0) is 6.61 Å². The predicted molar refractivity (Wildman–Crippen MR) is 86.0 cm³/mol. The normalized spacial score (nSPS) is 11.0. The van der Waals surface area contributed by atoms with Gasteiger partial charge in [0.05, 0.1) is 3.79 Å². The molecule has 0 unspecified atom stereocenters. The highest BCUT2D eigenvalue weighted by Crippen LogP contribution is 2.32. The van der Waals surface area contributed by atoms with Gasteiger partial charge in [-0.1, -0.05) is 13.8 Å². The first-order chi connectivity index (χ1) is 8.97. The van der Waals surface area contributed by atoms with Gasteiger partial charge in [-0.2, -0.15) is 0 Å². The minimum absolute atomic E-state index is 0.396. The third kappa shape index (κ3) is 3.51. The summed E-state index contributed by atoms with van der Waals surface area (Å²) in [7, 11) is 0. The van der Waals surface area contributed by atoms with Gasteiger partial charge >= 0.3 is 0 Å². The van der Waals surface area contributed by atoms with E-state index in [0.29, 0.717) is 12.5 Å². The monoisotopic (exact) mass is 339 g/mol. The molecule has 0 amide bonds. The average molecular weight is 340 g/mol. The van der Waals surface area contributed by atoms with Crippen molar-refractivity contribution in [1.82, 2.24) is 0 Å². The molecule has 1 aromatic carbocycles. The maximum Gasteiger partial charge on any atom is 0.123 e.